The number of hydrogen-bond donors (Lipinski definition) is 1. The molecule has 0 fully saturated rings. The molecule has 1 aromatic carbocycles. The summed E-state index contributed by atoms with van der Waals surface area (Å²) in [4.78, 5) is 25.5. The van der Waals surface area contributed by atoms with Gasteiger partial charge in [-0.3, -0.25) is 9.59 Å². The van der Waals surface area contributed by atoms with E-state index in [0.29, 0.717) is 29.5 Å². The highest BCUT2D eigenvalue weighted by molar-refractivity contribution is 5.99. The molecule has 1 heterocycles. The van der Waals surface area contributed by atoms with Crippen molar-refractivity contribution >= 4 is 17.5 Å². The summed E-state index contributed by atoms with van der Waals surface area (Å²) >= 11 is 0. The van der Waals surface area contributed by atoms with Crippen LogP contribution in [0, 0.1) is 5.92 Å². The lowest BCUT2D eigenvalue weighted by molar-refractivity contribution is -0.118. The number of carbonyl (C=O) groups is 2. The van der Waals surface area contributed by atoms with Crippen LogP contribution in [0.4, 0.5) is 5.69 Å². The van der Waals surface area contributed by atoms with Gasteiger partial charge in [-0.05, 0) is 31.0 Å². The lowest BCUT2D eigenvalue weighted by Gasteiger charge is -2.24. The van der Waals surface area contributed by atoms with E-state index in [4.69, 9.17) is 4.74 Å². The highest BCUT2D eigenvalue weighted by atomic mass is 16.5. The predicted molar refractivity (Wildman–Crippen MR) is 77.0 cm³/mol. The number of benzene rings is 1. The minimum atomic E-state index is -0.174. The molecule has 5 heteroatoms. The Labute approximate surface area is 118 Å². The molecule has 0 bridgehead atoms. The lowest BCUT2D eigenvalue weighted by atomic mass is 10.1. The molecule has 0 spiro atoms. The van der Waals surface area contributed by atoms with E-state index in [2.05, 4.69) is 19.2 Å². The SMILES string of the molecule is CCN(CC(C)C)C(=O)c1ccc2c(c1)OCC(=O)N2. The molecule has 1 aromatic rings. The van der Waals surface area contributed by atoms with Crippen molar-refractivity contribution in [3.8, 4) is 5.75 Å². The van der Waals surface area contributed by atoms with Gasteiger partial charge in [-0.15, -0.1) is 0 Å². The molecule has 1 N–H and O–H groups in total. The van der Waals surface area contributed by atoms with Crippen LogP contribution < -0.4 is 10.1 Å². The summed E-state index contributed by atoms with van der Waals surface area (Å²) in [5, 5.41) is 2.71. The first-order valence-corrected chi connectivity index (χ1v) is 6.87. The zero-order chi connectivity index (χ0) is 14.7. The van der Waals surface area contributed by atoms with Crippen LogP contribution in [0.25, 0.3) is 0 Å². The molecular formula is C15H20N2O3. The molecular weight excluding hydrogens is 256 g/mol. The molecule has 2 rings (SSSR count). The second-order valence-electron chi connectivity index (χ2n) is 5.29. The van der Waals surface area contributed by atoms with Crippen molar-refractivity contribution < 1.29 is 14.3 Å². The van der Waals surface area contributed by atoms with Gasteiger partial charge in [0.15, 0.2) is 6.61 Å². The number of anilines is 1. The molecule has 1 aliphatic heterocycles. The van der Waals surface area contributed by atoms with Crippen molar-refractivity contribution in [2.75, 3.05) is 25.0 Å². The zero-order valence-corrected chi connectivity index (χ0v) is 12.1. The quantitative estimate of drug-likeness (QED) is 0.916. The third-order valence-corrected chi connectivity index (χ3v) is 3.12. The van der Waals surface area contributed by atoms with E-state index in [1.165, 1.54) is 0 Å². The van der Waals surface area contributed by atoms with Gasteiger partial charge in [0.25, 0.3) is 11.8 Å². The number of hydrogen-bond acceptors (Lipinski definition) is 3. The maximum absolute atomic E-state index is 12.4. The van der Waals surface area contributed by atoms with Gasteiger partial charge in [0.2, 0.25) is 0 Å². The van der Waals surface area contributed by atoms with Crippen LogP contribution >= 0.6 is 0 Å². The topological polar surface area (TPSA) is 58.6 Å². The summed E-state index contributed by atoms with van der Waals surface area (Å²) < 4.78 is 5.34. The molecule has 0 unspecified atom stereocenters. The van der Waals surface area contributed by atoms with E-state index in [9.17, 15) is 9.59 Å². The van der Waals surface area contributed by atoms with Crippen molar-refractivity contribution in [3.63, 3.8) is 0 Å². The molecule has 0 atom stereocenters. The van der Waals surface area contributed by atoms with Crippen LogP contribution in [0.1, 0.15) is 31.1 Å². The van der Waals surface area contributed by atoms with Gasteiger partial charge in [-0.25, -0.2) is 0 Å². The van der Waals surface area contributed by atoms with E-state index in [1.54, 1.807) is 18.2 Å². The summed E-state index contributed by atoms with van der Waals surface area (Å²) in [6.45, 7) is 7.53. The smallest absolute Gasteiger partial charge is 0.262 e. The molecule has 0 aromatic heterocycles. The summed E-state index contributed by atoms with van der Waals surface area (Å²) in [5.41, 5.74) is 1.20. The summed E-state index contributed by atoms with van der Waals surface area (Å²) in [6, 6.07) is 5.13. The first kappa shape index (κ1) is 14.4. The normalized spacial score (nSPS) is 13.5. The molecule has 108 valence electrons. The Morgan fingerprint density at radius 1 is 1.45 bits per heavy atom. The van der Waals surface area contributed by atoms with Gasteiger partial charge in [0, 0.05) is 18.7 Å². The van der Waals surface area contributed by atoms with E-state index >= 15 is 0 Å². The Morgan fingerprint density at radius 3 is 2.85 bits per heavy atom. The van der Waals surface area contributed by atoms with Gasteiger partial charge < -0.3 is 15.0 Å². The summed E-state index contributed by atoms with van der Waals surface area (Å²) in [5.74, 6) is 0.791. The van der Waals surface area contributed by atoms with E-state index in [0.717, 1.165) is 6.54 Å². The maximum atomic E-state index is 12.4. The van der Waals surface area contributed by atoms with Crippen LogP contribution in [-0.4, -0.2) is 36.4 Å². The number of rotatable bonds is 4. The fourth-order valence-corrected chi connectivity index (χ4v) is 2.19. The van der Waals surface area contributed by atoms with Crippen molar-refractivity contribution in [1.82, 2.24) is 4.90 Å². The van der Waals surface area contributed by atoms with Gasteiger partial charge in [0.05, 0.1) is 5.69 Å². The lowest BCUT2D eigenvalue weighted by Crippen LogP contribution is -2.34. The first-order chi connectivity index (χ1) is 9.51. The monoisotopic (exact) mass is 276 g/mol. The Kier molecular flexibility index (Phi) is 4.27. The Morgan fingerprint density at radius 2 is 2.20 bits per heavy atom. The number of amides is 2. The van der Waals surface area contributed by atoms with Crippen LogP contribution in [-0.2, 0) is 4.79 Å². The third-order valence-electron chi connectivity index (χ3n) is 3.12. The Balaban J connectivity index is 2.20. The molecule has 20 heavy (non-hydrogen) atoms. The molecule has 5 nitrogen and oxygen atoms in total. The number of fused-ring (bicyclic) bond motifs is 1. The maximum Gasteiger partial charge on any atom is 0.262 e. The largest absolute Gasteiger partial charge is 0.482 e. The molecule has 1 aliphatic rings. The average Bonchev–Trinajstić information content (AvgIpc) is 2.43. The Bertz CT molecular complexity index is 526. The molecule has 0 aliphatic carbocycles. The van der Waals surface area contributed by atoms with E-state index in [1.807, 2.05) is 11.8 Å². The van der Waals surface area contributed by atoms with Crippen molar-refractivity contribution in [3.05, 3.63) is 23.8 Å². The van der Waals surface area contributed by atoms with Crippen LogP contribution in [0.15, 0.2) is 18.2 Å². The highest BCUT2D eigenvalue weighted by Gasteiger charge is 2.20. The predicted octanol–water partition coefficient (Wildman–Crippen LogP) is 2.14. The van der Waals surface area contributed by atoms with Gasteiger partial charge in [-0.2, -0.15) is 0 Å². The fourth-order valence-electron chi connectivity index (χ4n) is 2.19. The zero-order valence-electron chi connectivity index (χ0n) is 12.1. The second-order valence-corrected chi connectivity index (χ2v) is 5.29. The van der Waals surface area contributed by atoms with Gasteiger partial charge in [-0.1, -0.05) is 13.8 Å². The minimum Gasteiger partial charge on any atom is -0.482 e. The second kappa shape index (κ2) is 5.94. The van der Waals surface area contributed by atoms with Crippen LogP contribution in [0.5, 0.6) is 5.75 Å². The van der Waals surface area contributed by atoms with Crippen molar-refractivity contribution in [1.29, 1.82) is 0 Å². The van der Waals surface area contributed by atoms with E-state index in [-0.39, 0.29) is 18.4 Å². The number of carbonyl (C=O) groups excluding carboxylic acids is 2. The highest BCUT2D eigenvalue weighted by Crippen LogP contribution is 2.29. The number of nitrogens with one attached hydrogen (secondary N) is 1. The van der Waals surface area contributed by atoms with E-state index < -0.39 is 0 Å². The minimum absolute atomic E-state index is 0.00582. The standard InChI is InChI=1S/C15H20N2O3/c1-4-17(8-10(2)3)15(19)11-5-6-12-13(7-11)20-9-14(18)16-12/h5-7,10H,4,8-9H2,1-3H3,(H,16,18). The first-order valence-electron chi connectivity index (χ1n) is 6.87. The number of ether oxygens (including phenoxy) is 1. The average molecular weight is 276 g/mol. The van der Waals surface area contributed by atoms with Crippen molar-refractivity contribution in [2.45, 2.75) is 20.8 Å². The summed E-state index contributed by atoms with van der Waals surface area (Å²) in [6.07, 6.45) is 0. The fraction of sp³-hybridized carbons (Fsp3) is 0.467. The van der Waals surface area contributed by atoms with Gasteiger partial charge >= 0.3 is 0 Å². The Hall–Kier alpha value is -2.04. The molecule has 0 saturated heterocycles. The number of nitrogens with zero attached hydrogens (tertiary/aromatic N) is 1. The summed E-state index contributed by atoms with van der Waals surface area (Å²) in [7, 11) is 0. The molecule has 0 saturated carbocycles. The molecule has 0 radical (unpaired) electrons. The molecule has 2 amide bonds. The third kappa shape index (κ3) is 3.10. The van der Waals surface area contributed by atoms with Crippen LogP contribution in [0.3, 0.4) is 0 Å². The van der Waals surface area contributed by atoms with Crippen molar-refractivity contribution in [2.24, 2.45) is 5.92 Å². The van der Waals surface area contributed by atoms with Crippen LogP contribution in [0.2, 0.25) is 0 Å². The van der Waals surface area contributed by atoms with Gasteiger partial charge in [0.1, 0.15) is 5.75 Å².